The largest absolute Gasteiger partial charge is 0.481 e. The fourth-order valence-corrected chi connectivity index (χ4v) is 1.61. The number of carboxylic acids is 1. The average Bonchev–Trinajstić information content (AvgIpc) is 2.36. The Hall–Kier alpha value is -2.13. The molecular formula is C13H15FN2O3. The number of rotatable bonds is 7. The van der Waals surface area contributed by atoms with Crippen LogP contribution in [0.15, 0.2) is 18.2 Å². The van der Waals surface area contributed by atoms with Gasteiger partial charge in [-0.05, 0) is 25.1 Å². The molecule has 0 aliphatic heterocycles. The molecule has 0 aromatic heterocycles. The second-order valence-corrected chi connectivity index (χ2v) is 3.86. The lowest BCUT2D eigenvalue weighted by Crippen LogP contribution is -2.26. The quantitative estimate of drug-likeness (QED) is 0.788. The molecule has 102 valence electrons. The van der Waals surface area contributed by atoms with Crippen molar-refractivity contribution in [1.82, 2.24) is 0 Å². The Balaban J connectivity index is 2.68. The van der Waals surface area contributed by atoms with Crippen LogP contribution in [0.25, 0.3) is 0 Å². The van der Waals surface area contributed by atoms with Crippen LogP contribution in [0.5, 0.6) is 0 Å². The summed E-state index contributed by atoms with van der Waals surface area (Å²) < 4.78 is 18.2. The van der Waals surface area contributed by atoms with E-state index in [-0.39, 0.29) is 18.5 Å². The zero-order chi connectivity index (χ0) is 14.3. The van der Waals surface area contributed by atoms with Crippen molar-refractivity contribution in [3.05, 3.63) is 29.6 Å². The highest BCUT2D eigenvalue weighted by atomic mass is 19.1. The number of hydrogen-bond donors (Lipinski definition) is 2. The van der Waals surface area contributed by atoms with Crippen molar-refractivity contribution >= 4 is 11.7 Å². The minimum absolute atomic E-state index is 0.135. The number of nitrogens with zero attached hydrogens (tertiary/aromatic N) is 1. The number of nitrogens with one attached hydrogen (secondary N) is 1. The third-order valence-electron chi connectivity index (χ3n) is 2.43. The number of benzene rings is 1. The second kappa shape index (κ2) is 7.34. The van der Waals surface area contributed by atoms with E-state index < -0.39 is 17.9 Å². The van der Waals surface area contributed by atoms with Crippen molar-refractivity contribution in [2.45, 2.75) is 19.4 Å². The summed E-state index contributed by atoms with van der Waals surface area (Å²) in [5.41, 5.74) is 0.629. The first kappa shape index (κ1) is 14.9. The Morgan fingerprint density at radius 2 is 2.37 bits per heavy atom. The minimum atomic E-state index is -0.958. The Bertz CT molecular complexity index is 485. The highest BCUT2D eigenvalue weighted by molar-refractivity contribution is 5.67. The van der Waals surface area contributed by atoms with Crippen molar-refractivity contribution < 1.29 is 19.0 Å². The van der Waals surface area contributed by atoms with Gasteiger partial charge < -0.3 is 15.2 Å². The van der Waals surface area contributed by atoms with Gasteiger partial charge in [-0.15, -0.1) is 0 Å². The Labute approximate surface area is 110 Å². The van der Waals surface area contributed by atoms with Gasteiger partial charge in [-0.25, -0.2) is 4.39 Å². The topological polar surface area (TPSA) is 82.3 Å². The number of nitriles is 1. The second-order valence-electron chi connectivity index (χ2n) is 3.86. The van der Waals surface area contributed by atoms with Crippen LogP contribution in [0.4, 0.5) is 10.1 Å². The molecule has 5 nitrogen and oxygen atoms in total. The number of halogens is 1. The van der Waals surface area contributed by atoms with Gasteiger partial charge in [0.25, 0.3) is 0 Å². The third kappa shape index (κ3) is 4.94. The van der Waals surface area contributed by atoms with Crippen LogP contribution in [0.2, 0.25) is 0 Å². The number of aliphatic carboxylic acids is 1. The van der Waals surface area contributed by atoms with E-state index in [1.165, 1.54) is 12.1 Å². The molecule has 0 saturated heterocycles. The average molecular weight is 266 g/mol. The molecule has 19 heavy (non-hydrogen) atoms. The Kier molecular flexibility index (Phi) is 5.76. The summed E-state index contributed by atoms with van der Waals surface area (Å²) in [7, 11) is 0. The van der Waals surface area contributed by atoms with E-state index in [1.54, 1.807) is 6.92 Å². The molecule has 1 rings (SSSR count). The number of hydrogen-bond acceptors (Lipinski definition) is 4. The van der Waals surface area contributed by atoms with E-state index in [1.807, 2.05) is 6.07 Å². The number of carbonyl (C=O) groups is 1. The molecule has 0 spiro atoms. The molecule has 1 aromatic rings. The van der Waals surface area contributed by atoms with Gasteiger partial charge in [0.2, 0.25) is 0 Å². The van der Waals surface area contributed by atoms with Gasteiger partial charge in [-0.1, -0.05) is 0 Å². The van der Waals surface area contributed by atoms with Gasteiger partial charge in [0.1, 0.15) is 11.9 Å². The van der Waals surface area contributed by atoms with Crippen molar-refractivity contribution in [1.29, 1.82) is 5.26 Å². The minimum Gasteiger partial charge on any atom is -0.481 e. The van der Waals surface area contributed by atoms with E-state index in [0.717, 1.165) is 6.07 Å². The number of carboxylic acid groups (broad SMARTS) is 1. The van der Waals surface area contributed by atoms with Crippen LogP contribution in [0.1, 0.15) is 18.9 Å². The smallest absolute Gasteiger partial charge is 0.306 e. The van der Waals surface area contributed by atoms with Gasteiger partial charge in [0.05, 0.1) is 23.8 Å². The van der Waals surface area contributed by atoms with Crippen molar-refractivity contribution in [3.8, 4) is 6.07 Å². The number of anilines is 1. The van der Waals surface area contributed by atoms with E-state index >= 15 is 0 Å². The van der Waals surface area contributed by atoms with Crippen molar-refractivity contribution in [2.24, 2.45) is 0 Å². The summed E-state index contributed by atoms with van der Waals surface area (Å²) in [6.45, 7) is 2.40. The summed E-state index contributed by atoms with van der Waals surface area (Å²) in [5.74, 6) is -1.45. The van der Waals surface area contributed by atoms with E-state index in [9.17, 15) is 9.18 Å². The van der Waals surface area contributed by atoms with Gasteiger partial charge in [0.15, 0.2) is 0 Å². The molecule has 0 saturated carbocycles. The lowest BCUT2D eigenvalue weighted by Gasteiger charge is -2.17. The predicted octanol–water partition coefficient (Wildman–Crippen LogP) is 1.99. The first-order valence-corrected chi connectivity index (χ1v) is 5.83. The standard InChI is InChI=1S/C13H15FN2O3/c1-2-19-11(6-13(17)18)8-16-12-4-3-10(14)5-9(12)7-15/h3-5,11,16H,2,6,8H2,1H3,(H,17,18). The molecule has 2 N–H and O–H groups in total. The van der Waals surface area contributed by atoms with Gasteiger partial charge >= 0.3 is 5.97 Å². The molecule has 0 bridgehead atoms. The van der Waals surface area contributed by atoms with Crippen LogP contribution in [-0.4, -0.2) is 30.3 Å². The first-order chi connectivity index (χ1) is 9.06. The highest BCUT2D eigenvalue weighted by Crippen LogP contribution is 2.16. The van der Waals surface area contributed by atoms with Gasteiger partial charge in [-0.2, -0.15) is 5.26 Å². The Morgan fingerprint density at radius 1 is 1.63 bits per heavy atom. The van der Waals surface area contributed by atoms with E-state index in [0.29, 0.717) is 12.3 Å². The SMILES string of the molecule is CCOC(CNc1ccc(F)cc1C#N)CC(=O)O. The summed E-state index contributed by atoms with van der Waals surface area (Å²) in [4.78, 5) is 10.7. The third-order valence-corrected chi connectivity index (χ3v) is 2.43. The van der Waals surface area contributed by atoms with Gasteiger partial charge in [0, 0.05) is 13.2 Å². The molecule has 1 unspecified atom stereocenters. The van der Waals surface area contributed by atoms with E-state index in [4.69, 9.17) is 15.1 Å². The molecule has 1 aromatic carbocycles. The van der Waals surface area contributed by atoms with Crippen LogP contribution >= 0.6 is 0 Å². The maximum absolute atomic E-state index is 12.9. The zero-order valence-corrected chi connectivity index (χ0v) is 10.5. The zero-order valence-electron chi connectivity index (χ0n) is 10.5. The molecule has 0 heterocycles. The maximum atomic E-state index is 12.9. The van der Waals surface area contributed by atoms with Crippen LogP contribution in [0, 0.1) is 17.1 Å². The molecule has 0 amide bonds. The van der Waals surface area contributed by atoms with Crippen LogP contribution in [0.3, 0.4) is 0 Å². The summed E-state index contributed by atoms with van der Waals surface area (Å²) in [6, 6.07) is 5.67. The van der Waals surface area contributed by atoms with Gasteiger partial charge in [-0.3, -0.25) is 4.79 Å². The monoisotopic (exact) mass is 266 g/mol. The summed E-state index contributed by atoms with van der Waals surface area (Å²) >= 11 is 0. The summed E-state index contributed by atoms with van der Waals surface area (Å²) in [5, 5.41) is 20.5. The molecular weight excluding hydrogens is 251 g/mol. The van der Waals surface area contributed by atoms with Crippen LogP contribution in [-0.2, 0) is 9.53 Å². The molecule has 0 aliphatic rings. The Morgan fingerprint density at radius 3 is 2.95 bits per heavy atom. The highest BCUT2D eigenvalue weighted by Gasteiger charge is 2.14. The molecule has 6 heteroatoms. The summed E-state index contributed by atoms with van der Waals surface area (Å²) in [6.07, 6.45) is -0.636. The molecule has 0 aliphatic carbocycles. The van der Waals surface area contributed by atoms with E-state index in [2.05, 4.69) is 5.32 Å². The first-order valence-electron chi connectivity index (χ1n) is 5.83. The van der Waals surface area contributed by atoms with Crippen molar-refractivity contribution in [2.75, 3.05) is 18.5 Å². The maximum Gasteiger partial charge on any atom is 0.306 e. The predicted molar refractivity (Wildman–Crippen MR) is 67.3 cm³/mol. The lowest BCUT2D eigenvalue weighted by atomic mass is 10.1. The number of ether oxygens (including phenoxy) is 1. The molecule has 1 atom stereocenters. The fraction of sp³-hybridized carbons (Fsp3) is 0.385. The lowest BCUT2D eigenvalue weighted by molar-refractivity contribution is -0.139. The molecule has 0 fully saturated rings. The molecule has 0 radical (unpaired) electrons. The van der Waals surface area contributed by atoms with Crippen molar-refractivity contribution in [3.63, 3.8) is 0 Å². The van der Waals surface area contributed by atoms with Crippen LogP contribution < -0.4 is 5.32 Å². The normalized spacial score (nSPS) is 11.6. The fourth-order valence-electron chi connectivity index (χ4n) is 1.61.